The maximum atomic E-state index is 12.8. The predicted molar refractivity (Wildman–Crippen MR) is 109 cm³/mol. The van der Waals surface area contributed by atoms with Crippen LogP contribution in [0.2, 0.25) is 0 Å². The highest BCUT2D eigenvalue weighted by Crippen LogP contribution is 2.31. The number of methoxy groups -OCH3 is 1. The van der Waals surface area contributed by atoms with E-state index in [1.807, 2.05) is 31.2 Å². The Bertz CT molecular complexity index is 683. The van der Waals surface area contributed by atoms with Gasteiger partial charge in [-0.2, -0.15) is 0 Å². The summed E-state index contributed by atoms with van der Waals surface area (Å²) in [6, 6.07) is 7.31. The molecule has 1 saturated carbocycles. The predicted octanol–water partition coefficient (Wildman–Crippen LogP) is 3.40. The van der Waals surface area contributed by atoms with E-state index in [0.717, 1.165) is 56.3 Å². The van der Waals surface area contributed by atoms with Crippen LogP contribution in [0, 0.1) is 11.8 Å². The number of carbonyl (C=O) groups excluding carboxylic acids is 2. The minimum atomic E-state index is -0.622. The molecule has 2 fully saturated rings. The molecule has 0 aromatic heterocycles. The normalized spacial score (nSPS) is 28.7. The number of cyclic esters (lactones) is 1. The highest BCUT2D eigenvalue weighted by molar-refractivity contribution is 5.76. The second kappa shape index (κ2) is 10.1. The summed E-state index contributed by atoms with van der Waals surface area (Å²) in [4.78, 5) is 25.0. The molecule has 6 nitrogen and oxygen atoms in total. The molecule has 4 unspecified atom stereocenters. The molecule has 0 radical (unpaired) electrons. The van der Waals surface area contributed by atoms with Gasteiger partial charge >= 0.3 is 11.9 Å². The van der Waals surface area contributed by atoms with E-state index in [-0.39, 0.29) is 17.8 Å². The fourth-order valence-corrected chi connectivity index (χ4v) is 4.47. The van der Waals surface area contributed by atoms with Crippen LogP contribution >= 0.6 is 0 Å². The quantitative estimate of drug-likeness (QED) is 0.758. The molecular formula is C23H33NO5. The van der Waals surface area contributed by atoms with E-state index in [9.17, 15) is 9.59 Å². The maximum absolute atomic E-state index is 12.8. The van der Waals surface area contributed by atoms with Crippen molar-refractivity contribution < 1.29 is 23.8 Å². The van der Waals surface area contributed by atoms with E-state index >= 15 is 0 Å². The number of ether oxygens (including phenoxy) is 3. The third kappa shape index (κ3) is 5.72. The molecule has 160 valence electrons. The molecule has 2 aliphatic rings. The van der Waals surface area contributed by atoms with Gasteiger partial charge in [0.25, 0.3) is 0 Å². The van der Waals surface area contributed by atoms with Crippen LogP contribution in [0.3, 0.4) is 0 Å². The van der Waals surface area contributed by atoms with E-state index in [0.29, 0.717) is 6.42 Å². The molecule has 1 aromatic carbocycles. The van der Waals surface area contributed by atoms with Crippen LogP contribution in [0.4, 0.5) is 0 Å². The lowest BCUT2D eigenvalue weighted by atomic mass is 9.86. The zero-order valence-electron chi connectivity index (χ0n) is 17.5. The van der Waals surface area contributed by atoms with E-state index in [2.05, 4.69) is 0 Å². The first-order valence-corrected chi connectivity index (χ1v) is 10.8. The first kappa shape index (κ1) is 21.6. The highest BCUT2D eigenvalue weighted by atomic mass is 16.6. The second-order valence-electron chi connectivity index (χ2n) is 8.37. The number of rotatable bonds is 5. The molecule has 6 heteroatoms. The molecule has 1 aliphatic heterocycles. The van der Waals surface area contributed by atoms with Gasteiger partial charge in [0.2, 0.25) is 0 Å². The Balaban J connectivity index is 1.79. The first-order chi connectivity index (χ1) is 14.0. The Morgan fingerprint density at radius 3 is 2.45 bits per heavy atom. The molecule has 0 bridgehead atoms. The van der Waals surface area contributed by atoms with E-state index in [1.54, 1.807) is 7.11 Å². The highest BCUT2D eigenvalue weighted by Gasteiger charge is 2.37. The Kier molecular flexibility index (Phi) is 7.53. The molecule has 4 atom stereocenters. The van der Waals surface area contributed by atoms with Crippen LogP contribution in [-0.2, 0) is 25.5 Å². The molecule has 1 aliphatic carbocycles. The SMILES string of the molecule is COc1ccc(CC2CCCC(N)C(=O)OC(C)C2OC(=O)C2CCCC2)cc1. The lowest BCUT2D eigenvalue weighted by Gasteiger charge is -2.31. The van der Waals surface area contributed by atoms with Crippen molar-refractivity contribution in [3.63, 3.8) is 0 Å². The summed E-state index contributed by atoms with van der Waals surface area (Å²) in [5.41, 5.74) is 7.10. The Morgan fingerprint density at radius 1 is 1.10 bits per heavy atom. The molecule has 0 spiro atoms. The average molecular weight is 404 g/mol. The first-order valence-electron chi connectivity index (χ1n) is 10.8. The van der Waals surface area contributed by atoms with Gasteiger partial charge in [-0.3, -0.25) is 9.59 Å². The van der Waals surface area contributed by atoms with Gasteiger partial charge in [-0.25, -0.2) is 0 Å². The Labute approximate surface area is 173 Å². The van der Waals surface area contributed by atoms with Gasteiger partial charge in [0.15, 0.2) is 0 Å². The maximum Gasteiger partial charge on any atom is 0.323 e. The summed E-state index contributed by atoms with van der Waals surface area (Å²) in [6.45, 7) is 1.81. The van der Waals surface area contributed by atoms with Crippen LogP contribution in [-0.4, -0.2) is 37.3 Å². The molecule has 1 heterocycles. The minimum absolute atomic E-state index is 0.0329. The van der Waals surface area contributed by atoms with Gasteiger partial charge in [0.1, 0.15) is 24.0 Å². The van der Waals surface area contributed by atoms with Crippen molar-refractivity contribution in [1.29, 1.82) is 0 Å². The summed E-state index contributed by atoms with van der Waals surface area (Å²) < 4.78 is 16.9. The summed E-state index contributed by atoms with van der Waals surface area (Å²) >= 11 is 0. The smallest absolute Gasteiger partial charge is 0.323 e. The van der Waals surface area contributed by atoms with Gasteiger partial charge < -0.3 is 19.9 Å². The van der Waals surface area contributed by atoms with E-state index in [4.69, 9.17) is 19.9 Å². The number of esters is 2. The third-order valence-corrected chi connectivity index (χ3v) is 6.22. The summed E-state index contributed by atoms with van der Waals surface area (Å²) in [7, 11) is 1.64. The molecule has 3 rings (SSSR count). The number of hydrogen-bond acceptors (Lipinski definition) is 6. The van der Waals surface area contributed by atoms with Crippen LogP contribution in [0.1, 0.15) is 57.4 Å². The lowest BCUT2D eigenvalue weighted by Crippen LogP contribution is -2.42. The van der Waals surface area contributed by atoms with E-state index in [1.165, 1.54) is 0 Å². The van der Waals surface area contributed by atoms with Gasteiger partial charge in [-0.1, -0.05) is 31.4 Å². The van der Waals surface area contributed by atoms with Crippen molar-refractivity contribution in [2.75, 3.05) is 7.11 Å². The third-order valence-electron chi connectivity index (χ3n) is 6.22. The summed E-state index contributed by atoms with van der Waals surface area (Å²) in [5, 5.41) is 0. The second-order valence-corrected chi connectivity index (χ2v) is 8.37. The fraction of sp³-hybridized carbons (Fsp3) is 0.652. The number of carbonyl (C=O) groups is 2. The van der Waals surface area contributed by atoms with Crippen molar-refractivity contribution in [2.45, 2.75) is 76.5 Å². The number of hydrogen-bond donors (Lipinski definition) is 1. The standard InChI is InChI=1S/C23H33NO5/c1-15-21(29-22(25)17-6-3-4-7-17)18(8-5-9-20(24)23(26)28-15)14-16-10-12-19(27-2)13-11-16/h10-13,15,17-18,20-21H,3-9,14,24H2,1-2H3. The van der Waals surface area contributed by atoms with Crippen molar-refractivity contribution in [1.82, 2.24) is 0 Å². The van der Waals surface area contributed by atoms with Crippen molar-refractivity contribution in [3.05, 3.63) is 29.8 Å². The zero-order valence-corrected chi connectivity index (χ0v) is 17.5. The molecular weight excluding hydrogens is 370 g/mol. The van der Waals surface area contributed by atoms with Gasteiger partial charge in [-0.15, -0.1) is 0 Å². The van der Waals surface area contributed by atoms with Crippen molar-refractivity contribution >= 4 is 11.9 Å². The van der Waals surface area contributed by atoms with Crippen molar-refractivity contribution in [2.24, 2.45) is 17.6 Å². The van der Waals surface area contributed by atoms with E-state index < -0.39 is 24.2 Å². The minimum Gasteiger partial charge on any atom is -0.497 e. The van der Waals surface area contributed by atoms with Crippen molar-refractivity contribution in [3.8, 4) is 5.75 Å². The van der Waals surface area contributed by atoms with Gasteiger partial charge in [-0.05, 0) is 56.7 Å². The van der Waals surface area contributed by atoms with Crippen LogP contribution in [0.5, 0.6) is 5.75 Å². The summed E-state index contributed by atoms with van der Waals surface area (Å²) in [6.07, 6.45) is 5.84. The number of benzene rings is 1. The topological polar surface area (TPSA) is 87.8 Å². The molecule has 1 aromatic rings. The molecule has 1 saturated heterocycles. The van der Waals surface area contributed by atoms with Crippen LogP contribution < -0.4 is 10.5 Å². The average Bonchev–Trinajstić information content (AvgIpc) is 3.26. The monoisotopic (exact) mass is 403 g/mol. The Hall–Kier alpha value is -2.08. The zero-order chi connectivity index (χ0) is 20.8. The molecule has 0 amide bonds. The molecule has 2 N–H and O–H groups in total. The summed E-state index contributed by atoms with van der Waals surface area (Å²) in [5.74, 6) is 0.264. The van der Waals surface area contributed by atoms with Crippen LogP contribution in [0.25, 0.3) is 0 Å². The van der Waals surface area contributed by atoms with Crippen LogP contribution in [0.15, 0.2) is 24.3 Å². The molecule has 29 heavy (non-hydrogen) atoms. The number of nitrogens with two attached hydrogens (primary N) is 1. The largest absolute Gasteiger partial charge is 0.497 e. The fourth-order valence-electron chi connectivity index (χ4n) is 4.47. The lowest BCUT2D eigenvalue weighted by molar-refractivity contribution is -0.174. The Morgan fingerprint density at radius 2 is 1.79 bits per heavy atom. The van der Waals surface area contributed by atoms with Gasteiger partial charge in [0, 0.05) is 5.92 Å². The van der Waals surface area contributed by atoms with Gasteiger partial charge in [0.05, 0.1) is 13.0 Å².